The molecule has 2 atom stereocenters. The van der Waals surface area contributed by atoms with Crippen molar-refractivity contribution in [2.75, 3.05) is 13.7 Å². The third kappa shape index (κ3) is 2.98. The maximum Gasteiger partial charge on any atom is 0.226 e. The molecule has 1 aliphatic carbocycles. The number of hydrogen-bond donors (Lipinski definition) is 1. The monoisotopic (exact) mass is 261 g/mol. The molecule has 1 N–H and O–H groups in total. The molecule has 3 nitrogen and oxygen atoms in total. The van der Waals surface area contributed by atoms with Crippen molar-refractivity contribution in [1.29, 1.82) is 0 Å². The van der Waals surface area contributed by atoms with Gasteiger partial charge in [0, 0.05) is 19.6 Å². The fourth-order valence-corrected chi connectivity index (χ4v) is 2.67. The first-order valence-electron chi connectivity index (χ1n) is 6.90. The molecule has 2 unspecified atom stereocenters. The topological polar surface area (TPSA) is 40.5 Å². The summed E-state index contributed by atoms with van der Waals surface area (Å²) in [6, 6.07) is 9.91. The number of aliphatic hydroxyl groups is 1. The van der Waals surface area contributed by atoms with Crippen LogP contribution in [0, 0.1) is 11.3 Å². The van der Waals surface area contributed by atoms with E-state index < -0.39 is 0 Å². The van der Waals surface area contributed by atoms with Crippen LogP contribution < -0.4 is 0 Å². The van der Waals surface area contributed by atoms with Crippen LogP contribution in [0.4, 0.5) is 0 Å². The molecule has 0 saturated heterocycles. The summed E-state index contributed by atoms with van der Waals surface area (Å²) in [5.74, 6) is 0.342. The zero-order valence-corrected chi connectivity index (χ0v) is 12.0. The SMILES string of the molecule is CN(C(=O)C1CC1(C)C)C(CCO)c1ccccc1. The third-order valence-electron chi connectivity index (χ3n) is 4.21. The maximum absolute atomic E-state index is 12.5. The van der Waals surface area contributed by atoms with Crippen LogP contribution in [0.5, 0.6) is 0 Å². The Morgan fingerprint density at radius 2 is 2.00 bits per heavy atom. The molecule has 1 saturated carbocycles. The Balaban J connectivity index is 2.13. The number of aliphatic hydroxyl groups excluding tert-OH is 1. The fraction of sp³-hybridized carbons (Fsp3) is 0.562. The van der Waals surface area contributed by atoms with Gasteiger partial charge in [-0.1, -0.05) is 44.2 Å². The van der Waals surface area contributed by atoms with Crippen molar-refractivity contribution in [1.82, 2.24) is 4.90 Å². The summed E-state index contributed by atoms with van der Waals surface area (Å²) < 4.78 is 0. The van der Waals surface area contributed by atoms with Crippen molar-refractivity contribution >= 4 is 5.91 Å². The van der Waals surface area contributed by atoms with Gasteiger partial charge in [0.2, 0.25) is 5.91 Å². The van der Waals surface area contributed by atoms with Crippen molar-refractivity contribution in [3.05, 3.63) is 35.9 Å². The lowest BCUT2D eigenvalue weighted by molar-refractivity contribution is -0.134. The first-order chi connectivity index (χ1) is 8.97. The van der Waals surface area contributed by atoms with Gasteiger partial charge >= 0.3 is 0 Å². The second kappa shape index (κ2) is 5.33. The smallest absolute Gasteiger partial charge is 0.226 e. The van der Waals surface area contributed by atoms with Crippen molar-refractivity contribution in [2.24, 2.45) is 11.3 Å². The van der Waals surface area contributed by atoms with Crippen LogP contribution in [0.15, 0.2) is 30.3 Å². The first-order valence-corrected chi connectivity index (χ1v) is 6.90. The van der Waals surface area contributed by atoms with E-state index >= 15 is 0 Å². The van der Waals surface area contributed by atoms with Gasteiger partial charge in [0.05, 0.1) is 6.04 Å². The number of carbonyl (C=O) groups excluding carboxylic acids is 1. The molecule has 1 aromatic carbocycles. The maximum atomic E-state index is 12.5. The van der Waals surface area contributed by atoms with E-state index in [9.17, 15) is 9.90 Å². The van der Waals surface area contributed by atoms with E-state index in [1.807, 2.05) is 42.3 Å². The summed E-state index contributed by atoms with van der Waals surface area (Å²) in [6.07, 6.45) is 1.55. The predicted molar refractivity (Wildman–Crippen MR) is 75.5 cm³/mol. The number of amides is 1. The molecule has 3 heteroatoms. The minimum Gasteiger partial charge on any atom is -0.396 e. The molecule has 0 spiro atoms. The Morgan fingerprint density at radius 3 is 2.47 bits per heavy atom. The average Bonchev–Trinajstić information content (AvgIpc) is 3.04. The summed E-state index contributed by atoms with van der Waals surface area (Å²) in [6.45, 7) is 4.35. The largest absolute Gasteiger partial charge is 0.396 e. The van der Waals surface area contributed by atoms with Gasteiger partial charge in [0.15, 0.2) is 0 Å². The minimum atomic E-state index is -0.0323. The van der Waals surface area contributed by atoms with Gasteiger partial charge in [0.1, 0.15) is 0 Å². The van der Waals surface area contributed by atoms with Crippen LogP contribution in [0.3, 0.4) is 0 Å². The van der Waals surface area contributed by atoms with Gasteiger partial charge in [-0.05, 0) is 23.8 Å². The van der Waals surface area contributed by atoms with Gasteiger partial charge in [-0.3, -0.25) is 4.79 Å². The molecule has 1 amide bonds. The molecule has 0 radical (unpaired) electrons. The first kappa shape index (κ1) is 14.1. The molecular formula is C16H23NO2. The van der Waals surface area contributed by atoms with E-state index in [0.29, 0.717) is 6.42 Å². The Kier molecular flexibility index (Phi) is 3.95. The predicted octanol–water partition coefficient (Wildman–Crippen LogP) is 2.61. The van der Waals surface area contributed by atoms with Crippen LogP contribution in [-0.2, 0) is 4.79 Å². The van der Waals surface area contributed by atoms with Crippen LogP contribution in [0.25, 0.3) is 0 Å². The lowest BCUT2D eigenvalue weighted by Gasteiger charge is -2.29. The van der Waals surface area contributed by atoms with Crippen molar-refractivity contribution in [3.63, 3.8) is 0 Å². The Hall–Kier alpha value is -1.35. The van der Waals surface area contributed by atoms with E-state index in [1.165, 1.54) is 0 Å². The van der Waals surface area contributed by atoms with Crippen LogP contribution in [0.2, 0.25) is 0 Å². The van der Waals surface area contributed by atoms with E-state index in [2.05, 4.69) is 13.8 Å². The molecule has 104 valence electrons. The van der Waals surface area contributed by atoms with Crippen LogP contribution >= 0.6 is 0 Å². The molecule has 0 bridgehead atoms. The molecule has 19 heavy (non-hydrogen) atoms. The van der Waals surface area contributed by atoms with E-state index in [-0.39, 0.29) is 29.9 Å². The highest BCUT2D eigenvalue weighted by atomic mass is 16.3. The second-order valence-electron chi connectivity index (χ2n) is 6.13. The summed E-state index contributed by atoms with van der Waals surface area (Å²) in [4.78, 5) is 14.3. The third-order valence-corrected chi connectivity index (χ3v) is 4.21. The zero-order chi connectivity index (χ0) is 14.0. The van der Waals surface area contributed by atoms with Crippen LogP contribution in [-0.4, -0.2) is 29.6 Å². The highest BCUT2D eigenvalue weighted by molar-refractivity contribution is 5.82. The van der Waals surface area contributed by atoms with E-state index in [0.717, 1.165) is 12.0 Å². The quantitative estimate of drug-likeness (QED) is 0.885. The van der Waals surface area contributed by atoms with E-state index in [4.69, 9.17) is 0 Å². The average molecular weight is 261 g/mol. The van der Waals surface area contributed by atoms with Gasteiger partial charge < -0.3 is 10.0 Å². The molecule has 0 aromatic heterocycles. The minimum absolute atomic E-state index is 0.0323. The Morgan fingerprint density at radius 1 is 1.42 bits per heavy atom. The number of rotatable bonds is 5. The van der Waals surface area contributed by atoms with Crippen molar-refractivity contribution in [2.45, 2.75) is 32.7 Å². The number of nitrogens with zero attached hydrogens (tertiary/aromatic N) is 1. The van der Waals surface area contributed by atoms with E-state index in [1.54, 1.807) is 0 Å². The summed E-state index contributed by atoms with van der Waals surface area (Å²) in [5, 5.41) is 9.25. The molecule has 1 aliphatic rings. The highest BCUT2D eigenvalue weighted by Gasteiger charge is 2.52. The number of benzene rings is 1. The molecule has 0 heterocycles. The number of carbonyl (C=O) groups is 1. The summed E-state index contributed by atoms with van der Waals surface area (Å²) in [7, 11) is 1.85. The highest BCUT2D eigenvalue weighted by Crippen LogP contribution is 2.52. The Bertz CT molecular complexity index is 441. The normalized spacial score (nSPS) is 21.8. The molecular weight excluding hydrogens is 238 g/mol. The lowest BCUT2D eigenvalue weighted by atomic mass is 10.0. The molecule has 2 rings (SSSR count). The fourth-order valence-electron chi connectivity index (χ4n) is 2.67. The summed E-state index contributed by atoms with van der Waals surface area (Å²) in [5.41, 5.74) is 1.23. The molecule has 1 fully saturated rings. The van der Waals surface area contributed by atoms with Gasteiger partial charge in [-0.2, -0.15) is 0 Å². The molecule has 0 aliphatic heterocycles. The number of hydrogen-bond acceptors (Lipinski definition) is 2. The standard InChI is InChI=1S/C16H23NO2/c1-16(2)11-13(16)15(19)17(3)14(9-10-18)12-7-5-4-6-8-12/h4-8,13-14,18H,9-11H2,1-3H3. The Labute approximate surface area is 115 Å². The van der Waals surface area contributed by atoms with Gasteiger partial charge in [-0.15, -0.1) is 0 Å². The molecule has 1 aromatic rings. The van der Waals surface area contributed by atoms with Gasteiger partial charge in [-0.25, -0.2) is 0 Å². The van der Waals surface area contributed by atoms with Crippen LogP contribution in [0.1, 0.15) is 38.3 Å². The van der Waals surface area contributed by atoms with Gasteiger partial charge in [0.25, 0.3) is 0 Å². The summed E-state index contributed by atoms with van der Waals surface area (Å²) >= 11 is 0. The second-order valence-corrected chi connectivity index (χ2v) is 6.13. The van der Waals surface area contributed by atoms with Crippen molar-refractivity contribution < 1.29 is 9.90 Å². The lowest BCUT2D eigenvalue weighted by Crippen LogP contribution is -2.34. The zero-order valence-electron chi connectivity index (χ0n) is 12.0. The van der Waals surface area contributed by atoms with Crippen molar-refractivity contribution in [3.8, 4) is 0 Å².